The first-order valence-corrected chi connectivity index (χ1v) is 7.87. The lowest BCUT2D eigenvalue weighted by Gasteiger charge is -2.26. The molecule has 0 unspecified atom stereocenters. The molecule has 1 atom stereocenters. The summed E-state index contributed by atoms with van der Waals surface area (Å²) in [5.74, 6) is -0.439. The molecule has 0 fully saturated rings. The molecule has 1 amide bonds. The van der Waals surface area contributed by atoms with Crippen LogP contribution in [0.5, 0.6) is 0 Å². The summed E-state index contributed by atoms with van der Waals surface area (Å²) in [4.78, 5) is 24.1. The molecule has 0 radical (unpaired) electrons. The lowest BCUT2D eigenvalue weighted by atomic mass is 10.1. The molecule has 22 heavy (non-hydrogen) atoms. The number of hydrogen-bond donors (Lipinski definition) is 2. The fourth-order valence-corrected chi connectivity index (χ4v) is 1.74. The molecule has 0 aliphatic heterocycles. The van der Waals surface area contributed by atoms with E-state index in [2.05, 4.69) is 5.32 Å². The van der Waals surface area contributed by atoms with E-state index in [1.54, 1.807) is 41.5 Å². The minimum atomic E-state index is -0.702. The summed E-state index contributed by atoms with van der Waals surface area (Å²) in [5, 5.41) is 2.61. The van der Waals surface area contributed by atoms with Gasteiger partial charge in [-0.05, 0) is 60.9 Å². The second-order valence-electron chi connectivity index (χ2n) is 7.37. The van der Waals surface area contributed by atoms with Crippen LogP contribution in [0, 0.1) is 0 Å². The zero-order chi connectivity index (χ0) is 17.4. The smallest absolute Gasteiger partial charge is 0.408 e. The molecule has 0 aromatic heterocycles. The summed E-state index contributed by atoms with van der Waals surface area (Å²) in [6.45, 7) is 11.3. The molecular weight excluding hydrogens is 284 g/mol. The van der Waals surface area contributed by atoms with Crippen molar-refractivity contribution in [2.75, 3.05) is 6.54 Å². The first kappa shape index (κ1) is 20.7. The van der Waals surface area contributed by atoms with Crippen LogP contribution in [0.1, 0.15) is 67.2 Å². The molecule has 3 N–H and O–H groups in total. The van der Waals surface area contributed by atoms with Crippen LogP contribution in [0.2, 0.25) is 0 Å². The Morgan fingerprint density at radius 1 is 0.955 bits per heavy atom. The average molecular weight is 316 g/mol. The topological polar surface area (TPSA) is 90.6 Å². The summed E-state index contributed by atoms with van der Waals surface area (Å²) >= 11 is 0. The fourth-order valence-electron chi connectivity index (χ4n) is 1.74. The molecule has 6 nitrogen and oxygen atoms in total. The van der Waals surface area contributed by atoms with Crippen LogP contribution < -0.4 is 11.1 Å². The zero-order valence-electron chi connectivity index (χ0n) is 14.8. The van der Waals surface area contributed by atoms with Crippen molar-refractivity contribution in [3.8, 4) is 0 Å². The largest absolute Gasteiger partial charge is 0.458 e. The molecule has 0 aromatic carbocycles. The Morgan fingerprint density at radius 3 is 1.95 bits per heavy atom. The Bertz CT molecular complexity index is 356. The average Bonchev–Trinajstić information content (AvgIpc) is 2.28. The van der Waals surface area contributed by atoms with Crippen molar-refractivity contribution in [1.29, 1.82) is 0 Å². The normalized spacial score (nSPS) is 13.4. The number of esters is 1. The van der Waals surface area contributed by atoms with Crippen LogP contribution in [0.25, 0.3) is 0 Å². The third-order valence-electron chi connectivity index (χ3n) is 2.58. The highest BCUT2D eigenvalue weighted by molar-refractivity contribution is 5.81. The van der Waals surface area contributed by atoms with Crippen LogP contribution in [-0.2, 0) is 14.3 Å². The summed E-state index contributed by atoms with van der Waals surface area (Å²) in [7, 11) is 0. The number of hydrogen-bond acceptors (Lipinski definition) is 5. The molecular formula is C16H32N2O4. The highest BCUT2D eigenvalue weighted by Gasteiger charge is 2.28. The van der Waals surface area contributed by atoms with Gasteiger partial charge in [0.15, 0.2) is 0 Å². The number of nitrogens with one attached hydrogen (secondary N) is 1. The Labute approximate surface area is 134 Å². The Morgan fingerprint density at radius 2 is 1.50 bits per heavy atom. The first-order valence-electron chi connectivity index (χ1n) is 7.87. The van der Waals surface area contributed by atoms with E-state index < -0.39 is 29.3 Å². The van der Waals surface area contributed by atoms with E-state index in [-0.39, 0.29) is 0 Å². The molecule has 0 aliphatic rings. The number of carbonyl (C=O) groups is 2. The minimum absolute atomic E-state index is 0.439. The second-order valence-corrected chi connectivity index (χ2v) is 7.37. The molecule has 0 saturated carbocycles. The SMILES string of the molecule is CC(C)(C)OC(=O)N[C@@H](CCCCCN)C(=O)OC(C)(C)C. The summed E-state index contributed by atoms with van der Waals surface area (Å²) in [6, 6.07) is -0.702. The number of alkyl carbamates (subject to hydrolysis) is 1. The lowest BCUT2D eigenvalue weighted by molar-refractivity contribution is -0.157. The Balaban J connectivity index is 4.64. The predicted octanol–water partition coefficient (Wildman–Crippen LogP) is 2.74. The number of ether oxygens (including phenoxy) is 2. The molecule has 0 aromatic rings. The van der Waals surface area contributed by atoms with Gasteiger partial charge in [0.25, 0.3) is 0 Å². The van der Waals surface area contributed by atoms with E-state index in [0.29, 0.717) is 13.0 Å². The van der Waals surface area contributed by atoms with E-state index in [9.17, 15) is 9.59 Å². The van der Waals surface area contributed by atoms with Gasteiger partial charge >= 0.3 is 12.1 Å². The summed E-state index contributed by atoms with van der Waals surface area (Å²) in [5.41, 5.74) is 4.25. The van der Waals surface area contributed by atoms with Crippen molar-refractivity contribution >= 4 is 12.1 Å². The van der Waals surface area contributed by atoms with Crippen molar-refractivity contribution in [3.05, 3.63) is 0 Å². The van der Waals surface area contributed by atoms with Gasteiger partial charge in [0.1, 0.15) is 17.2 Å². The quantitative estimate of drug-likeness (QED) is 0.556. The summed E-state index contributed by atoms with van der Waals surface area (Å²) in [6.07, 6.45) is 2.49. The maximum Gasteiger partial charge on any atom is 0.408 e. The van der Waals surface area contributed by atoms with Gasteiger partial charge in [-0.15, -0.1) is 0 Å². The second kappa shape index (κ2) is 8.98. The minimum Gasteiger partial charge on any atom is -0.458 e. The van der Waals surface area contributed by atoms with Crippen LogP contribution in [0.15, 0.2) is 0 Å². The number of amides is 1. The van der Waals surface area contributed by atoms with Gasteiger partial charge < -0.3 is 20.5 Å². The number of nitrogens with two attached hydrogens (primary N) is 1. The van der Waals surface area contributed by atoms with Gasteiger partial charge in [-0.1, -0.05) is 12.8 Å². The Kier molecular flexibility index (Phi) is 8.45. The molecule has 0 bridgehead atoms. The first-order chi connectivity index (χ1) is 9.94. The van der Waals surface area contributed by atoms with E-state index in [1.165, 1.54) is 0 Å². The van der Waals surface area contributed by atoms with Crippen molar-refractivity contribution in [3.63, 3.8) is 0 Å². The van der Waals surface area contributed by atoms with Crippen LogP contribution >= 0.6 is 0 Å². The van der Waals surface area contributed by atoms with E-state index in [4.69, 9.17) is 15.2 Å². The monoisotopic (exact) mass is 316 g/mol. The van der Waals surface area contributed by atoms with Crippen LogP contribution in [-0.4, -0.2) is 35.9 Å². The number of rotatable bonds is 7. The molecule has 0 rings (SSSR count). The zero-order valence-corrected chi connectivity index (χ0v) is 14.8. The molecule has 0 heterocycles. The van der Waals surface area contributed by atoms with Crippen molar-refractivity contribution in [2.45, 2.75) is 84.5 Å². The lowest BCUT2D eigenvalue weighted by Crippen LogP contribution is -2.46. The third-order valence-corrected chi connectivity index (χ3v) is 2.58. The maximum absolute atomic E-state index is 12.2. The van der Waals surface area contributed by atoms with Gasteiger partial charge in [-0.2, -0.15) is 0 Å². The maximum atomic E-state index is 12.2. The fraction of sp³-hybridized carbons (Fsp3) is 0.875. The standard InChI is InChI=1S/C16H32N2O4/c1-15(2,3)21-13(19)12(10-8-7-9-11-17)18-14(20)22-16(4,5)6/h12H,7-11,17H2,1-6H3,(H,18,20)/t12-/m0/s1. The molecule has 0 aliphatic carbocycles. The van der Waals surface area contributed by atoms with E-state index in [1.807, 2.05) is 0 Å². The van der Waals surface area contributed by atoms with Gasteiger partial charge in [0, 0.05) is 0 Å². The van der Waals surface area contributed by atoms with E-state index in [0.717, 1.165) is 19.3 Å². The van der Waals surface area contributed by atoms with Gasteiger partial charge in [-0.3, -0.25) is 0 Å². The molecule has 0 spiro atoms. The van der Waals surface area contributed by atoms with Crippen molar-refractivity contribution in [1.82, 2.24) is 5.32 Å². The summed E-state index contributed by atoms with van der Waals surface area (Å²) < 4.78 is 10.6. The number of carbonyl (C=O) groups excluding carboxylic acids is 2. The highest BCUT2D eigenvalue weighted by Crippen LogP contribution is 2.13. The molecule has 6 heteroatoms. The van der Waals surface area contributed by atoms with Crippen molar-refractivity contribution < 1.29 is 19.1 Å². The Hall–Kier alpha value is -1.30. The van der Waals surface area contributed by atoms with E-state index >= 15 is 0 Å². The molecule has 0 saturated heterocycles. The third kappa shape index (κ3) is 11.4. The molecule has 130 valence electrons. The van der Waals surface area contributed by atoms with Gasteiger partial charge in [-0.25, -0.2) is 9.59 Å². The highest BCUT2D eigenvalue weighted by atomic mass is 16.6. The van der Waals surface area contributed by atoms with Gasteiger partial charge in [0.2, 0.25) is 0 Å². The predicted molar refractivity (Wildman–Crippen MR) is 86.5 cm³/mol. The van der Waals surface area contributed by atoms with Crippen LogP contribution in [0.3, 0.4) is 0 Å². The van der Waals surface area contributed by atoms with Crippen molar-refractivity contribution in [2.24, 2.45) is 5.73 Å². The van der Waals surface area contributed by atoms with Crippen LogP contribution in [0.4, 0.5) is 4.79 Å². The van der Waals surface area contributed by atoms with Gasteiger partial charge in [0.05, 0.1) is 0 Å². The number of unbranched alkanes of at least 4 members (excludes halogenated alkanes) is 2.